The first-order chi connectivity index (χ1) is 12.8. The van der Waals surface area contributed by atoms with E-state index in [-0.39, 0.29) is 5.72 Å². The fourth-order valence-electron chi connectivity index (χ4n) is 5.11. The summed E-state index contributed by atoms with van der Waals surface area (Å²) in [7, 11) is 0. The van der Waals surface area contributed by atoms with Crippen molar-refractivity contribution in [1.29, 1.82) is 0 Å². The predicted octanol–water partition coefficient (Wildman–Crippen LogP) is 4.79. The van der Waals surface area contributed by atoms with Crippen molar-refractivity contribution in [3.63, 3.8) is 0 Å². The molecule has 5 rings (SSSR count). The predicted molar refractivity (Wildman–Crippen MR) is 102 cm³/mol. The summed E-state index contributed by atoms with van der Waals surface area (Å²) in [5.41, 5.74) is 2.49. The van der Waals surface area contributed by atoms with Gasteiger partial charge in [-0.2, -0.15) is 0 Å². The van der Waals surface area contributed by atoms with Crippen LogP contribution in [0.25, 0.3) is 0 Å². The highest BCUT2D eigenvalue weighted by Gasteiger charge is 2.51. The highest BCUT2D eigenvalue weighted by Crippen LogP contribution is 2.48. The van der Waals surface area contributed by atoms with Crippen molar-refractivity contribution in [3.05, 3.63) is 59.7 Å². The van der Waals surface area contributed by atoms with Gasteiger partial charge < -0.3 is 9.47 Å². The lowest BCUT2D eigenvalue weighted by atomic mass is 9.75. The highest BCUT2D eigenvalue weighted by molar-refractivity contribution is 5.43. The second kappa shape index (κ2) is 6.62. The third-order valence-electron chi connectivity index (χ3n) is 6.40. The Balaban J connectivity index is 1.37. The van der Waals surface area contributed by atoms with Crippen molar-refractivity contribution in [2.45, 2.75) is 50.9 Å². The maximum absolute atomic E-state index is 6.72. The second-order valence-electron chi connectivity index (χ2n) is 7.98. The zero-order valence-corrected chi connectivity index (χ0v) is 15.3. The molecule has 0 N–H and O–H groups in total. The quantitative estimate of drug-likeness (QED) is 0.795. The van der Waals surface area contributed by atoms with Gasteiger partial charge in [-0.05, 0) is 61.4 Å². The van der Waals surface area contributed by atoms with Crippen molar-refractivity contribution in [2.24, 2.45) is 5.92 Å². The Morgan fingerprint density at radius 3 is 2.85 bits per heavy atom. The molecular formula is C23H27NO2. The summed E-state index contributed by atoms with van der Waals surface area (Å²) in [6, 6.07) is 16.7. The van der Waals surface area contributed by atoms with E-state index in [2.05, 4.69) is 47.4 Å². The topological polar surface area (TPSA) is 21.7 Å². The molecule has 3 nitrogen and oxygen atoms in total. The summed E-state index contributed by atoms with van der Waals surface area (Å²) in [6.45, 7) is 3.01. The van der Waals surface area contributed by atoms with Crippen LogP contribution in [0.4, 0.5) is 0 Å². The van der Waals surface area contributed by atoms with Gasteiger partial charge >= 0.3 is 0 Å². The van der Waals surface area contributed by atoms with E-state index in [1.165, 1.54) is 56.3 Å². The molecule has 3 heterocycles. The Hall–Kier alpha value is -2.00. The van der Waals surface area contributed by atoms with Gasteiger partial charge in [0.25, 0.3) is 0 Å². The SMILES string of the molecule is c1ccc(COc2ccc3c(c2)CC2CCCN4CCCCC24O3)cc1. The molecule has 1 spiro atoms. The van der Waals surface area contributed by atoms with Crippen molar-refractivity contribution in [3.8, 4) is 11.5 Å². The van der Waals surface area contributed by atoms with E-state index < -0.39 is 0 Å². The fraction of sp³-hybridized carbons (Fsp3) is 0.478. The van der Waals surface area contributed by atoms with Gasteiger partial charge in [-0.3, -0.25) is 4.90 Å². The van der Waals surface area contributed by atoms with Crippen LogP contribution >= 0.6 is 0 Å². The summed E-state index contributed by atoms with van der Waals surface area (Å²) >= 11 is 0. The number of hydrogen-bond acceptors (Lipinski definition) is 3. The van der Waals surface area contributed by atoms with Gasteiger partial charge in [-0.1, -0.05) is 30.3 Å². The van der Waals surface area contributed by atoms with Crippen LogP contribution in [0.3, 0.4) is 0 Å². The van der Waals surface area contributed by atoms with Gasteiger partial charge in [0, 0.05) is 25.4 Å². The molecule has 0 radical (unpaired) electrons. The van der Waals surface area contributed by atoms with E-state index in [0.717, 1.165) is 17.9 Å². The minimum Gasteiger partial charge on any atom is -0.489 e. The number of nitrogens with zero attached hydrogens (tertiary/aromatic N) is 1. The smallest absolute Gasteiger partial charge is 0.166 e. The zero-order valence-electron chi connectivity index (χ0n) is 15.3. The normalized spacial score (nSPS) is 27.6. The molecule has 3 heteroatoms. The van der Waals surface area contributed by atoms with E-state index in [1.54, 1.807) is 0 Å². The third-order valence-corrected chi connectivity index (χ3v) is 6.40. The first-order valence-corrected chi connectivity index (χ1v) is 10.1. The summed E-state index contributed by atoms with van der Waals surface area (Å²) in [4.78, 5) is 2.63. The molecular weight excluding hydrogens is 322 g/mol. The van der Waals surface area contributed by atoms with Gasteiger partial charge in [-0.15, -0.1) is 0 Å². The van der Waals surface area contributed by atoms with E-state index in [4.69, 9.17) is 9.47 Å². The van der Waals surface area contributed by atoms with Crippen molar-refractivity contribution in [1.82, 2.24) is 4.90 Å². The summed E-state index contributed by atoms with van der Waals surface area (Å²) in [5, 5.41) is 0. The Kier molecular flexibility index (Phi) is 4.12. The number of piperidine rings is 2. The molecule has 2 saturated heterocycles. The molecule has 26 heavy (non-hydrogen) atoms. The average Bonchev–Trinajstić information content (AvgIpc) is 2.70. The number of fused-ring (bicyclic) bond motifs is 1. The Labute approximate surface area is 155 Å². The third kappa shape index (κ3) is 2.79. The minimum absolute atomic E-state index is 0.0318. The summed E-state index contributed by atoms with van der Waals surface area (Å²) in [6.07, 6.45) is 7.50. The van der Waals surface area contributed by atoms with Crippen LogP contribution in [0.5, 0.6) is 11.5 Å². The minimum atomic E-state index is -0.0318. The largest absolute Gasteiger partial charge is 0.489 e. The first-order valence-electron chi connectivity index (χ1n) is 10.1. The van der Waals surface area contributed by atoms with Crippen LogP contribution < -0.4 is 9.47 Å². The van der Waals surface area contributed by atoms with Gasteiger partial charge in [0.15, 0.2) is 5.72 Å². The standard InChI is InChI=1S/C23H27NO2/c1-2-7-18(8-3-1)17-25-21-10-11-22-19(16-21)15-20-9-6-14-24-13-5-4-12-23(20,24)26-22/h1-3,7-8,10-11,16,20H,4-6,9,12-15,17H2. The molecule has 0 bridgehead atoms. The lowest BCUT2D eigenvalue weighted by Crippen LogP contribution is -2.64. The molecule has 2 aromatic rings. The van der Waals surface area contributed by atoms with Crippen molar-refractivity contribution >= 4 is 0 Å². The zero-order chi connectivity index (χ0) is 17.4. The molecule has 3 aliphatic rings. The van der Waals surface area contributed by atoms with Gasteiger partial charge in [0.05, 0.1) is 0 Å². The van der Waals surface area contributed by atoms with E-state index in [0.29, 0.717) is 12.5 Å². The molecule has 0 aromatic heterocycles. The van der Waals surface area contributed by atoms with Crippen LogP contribution in [-0.2, 0) is 13.0 Å². The Morgan fingerprint density at radius 2 is 1.92 bits per heavy atom. The number of rotatable bonds is 3. The first kappa shape index (κ1) is 16.2. The van der Waals surface area contributed by atoms with Crippen molar-refractivity contribution in [2.75, 3.05) is 13.1 Å². The molecule has 0 aliphatic carbocycles. The van der Waals surface area contributed by atoms with Crippen LogP contribution in [0.1, 0.15) is 43.2 Å². The lowest BCUT2D eigenvalue weighted by Gasteiger charge is -2.56. The molecule has 2 aromatic carbocycles. The average molecular weight is 349 g/mol. The van der Waals surface area contributed by atoms with Gasteiger partial charge in [0.2, 0.25) is 0 Å². The molecule has 0 saturated carbocycles. The van der Waals surface area contributed by atoms with E-state index >= 15 is 0 Å². The Bertz CT molecular complexity index is 773. The molecule has 0 amide bonds. The monoisotopic (exact) mass is 349 g/mol. The van der Waals surface area contributed by atoms with Crippen LogP contribution in [0, 0.1) is 5.92 Å². The summed E-state index contributed by atoms with van der Waals surface area (Å²) < 4.78 is 12.7. The van der Waals surface area contributed by atoms with Crippen LogP contribution in [-0.4, -0.2) is 23.7 Å². The lowest BCUT2D eigenvalue weighted by molar-refractivity contribution is -0.177. The fourth-order valence-corrected chi connectivity index (χ4v) is 5.11. The molecule has 136 valence electrons. The molecule has 2 fully saturated rings. The summed E-state index contributed by atoms with van der Waals surface area (Å²) in [5.74, 6) is 2.64. The highest BCUT2D eigenvalue weighted by atomic mass is 16.5. The number of hydrogen-bond donors (Lipinski definition) is 0. The van der Waals surface area contributed by atoms with Crippen LogP contribution in [0.15, 0.2) is 48.5 Å². The van der Waals surface area contributed by atoms with E-state index in [9.17, 15) is 0 Å². The molecule has 3 aliphatic heterocycles. The maximum Gasteiger partial charge on any atom is 0.166 e. The number of ether oxygens (including phenoxy) is 2. The molecule has 2 atom stereocenters. The van der Waals surface area contributed by atoms with Gasteiger partial charge in [0.1, 0.15) is 18.1 Å². The number of benzene rings is 2. The van der Waals surface area contributed by atoms with Crippen molar-refractivity contribution < 1.29 is 9.47 Å². The van der Waals surface area contributed by atoms with Gasteiger partial charge in [-0.25, -0.2) is 0 Å². The second-order valence-corrected chi connectivity index (χ2v) is 7.98. The van der Waals surface area contributed by atoms with Crippen LogP contribution in [0.2, 0.25) is 0 Å². The Morgan fingerprint density at radius 1 is 1.04 bits per heavy atom. The maximum atomic E-state index is 6.72. The molecule has 2 unspecified atom stereocenters. The van der Waals surface area contributed by atoms with E-state index in [1.807, 2.05) is 6.07 Å².